The molecule has 2 amide bonds. The summed E-state index contributed by atoms with van der Waals surface area (Å²) in [6.07, 6.45) is -0.578. The molecular weight excluding hydrogens is 388 g/mol. The number of carbonyl (C=O) groups excluding carboxylic acids is 2. The van der Waals surface area contributed by atoms with Gasteiger partial charge in [-0.05, 0) is 66.2 Å². The maximum Gasteiger partial charge on any atom is 0.408 e. The zero-order chi connectivity index (χ0) is 22.7. The Hall–Kier alpha value is -2.84. The van der Waals surface area contributed by atoms with Gasteiger partial charge in [-0.3, -0.25) is 0 Å². The van der Waals surface area contributed by atoms with Crippen LogP contribution in [0, 0.1) is 0 Å². The van der Waals surface area contributed by atoms with Crippen LogP contribution in [0.2, 0.25) is 0 Å². The molecule has 0 saturated heterocycles. The van der Waals surface area contributed by atoms with Gasteiger partial charge in [-0.25, -0.2) is 9.59 Å². The minimum absolute atomic E-state index is 0.250. The highest BCUT2D eigenvalue weighted by Crippen LogP contribution is 2.30. The standard InChI is InChI=1S/C21H34N4O5/c1-20(2,3)29-18(26)24-13-10-15(25-19(27)30-21(4,5)6)17(11-13)28-16-8-7-12(22)9-14(16)23/h7-9,13,15,17H,10-11,22-23H2,1-6H3,(H,24,26)(H,25,27)/t13-,15?,17+/m1/s1. The number of anilines is 2. The molecule has 1 aliphatic carbocycles. The van der Waals surface area contributed by atoms with Gasteiger partial charge in [-0.2, -0.15) is 0 Å². The van der Waals surface area contributed by atoms with E-state index in [1.807, 2.05) is 0 Å². The van der Waals surface area contributed by atoms with Crippen molar-refractivity contribution in [2.45, 2.75) is 83.8 Å². The Balaban J connectivity index is 2.11. The summed E-state index contributed by atoms with van der Waals surface area (Å²) in [7, 11) is 0. The smallest absolute Gasteiger partial charge is 0.408 e. The Kier molecular flexibility index (Phi) is 6.95. The van der Waals surface area contributed by atoms with Crippen LogP contribution in [-0.2, 0) is 9.47 Å². The number of ether oxygens (including phenoxy) is 3. The third kappa shape index (κ3) is 7.53. The van der Waals surface area contributed by atoms with Gasteiger partial charge in [0.25, 0.3) is 0 Å². The van der Waals surface area contributed by atoms with Crippen LogP contribution in [0.1, 0.15) is 54.4 Å². The minimum Gasteiger partial charge on any atom is -0.486 e. The second kappa shape index (κ2) is 8.89. The van der Waals surface area contributed by atoms with E-state index in [1.54, 1.807) is 59.7 Å². The number of benzene rings is 1. The number of nitrogens with two attached hydrogens (primary N) is 2. The highest BCUT2D eigenvalue weighted by Gasteiger charge is 2.39. The largest absolute Gasteiger partial charge is 0.486 e. The molecule has 0 heterocycles. The fourth-order valence-corrected chi connectivity index (χ4v) is 3.17. The van der Waals surface area contributed by atoms with Gasteiger partial charge in [0.1, 0.15) is 23.1 Å². The zero-order valence-corrected chi connectivity index (χ0v) is 18.6. The van der Waals surface area contributed by atoms with Gasteiger partial charge in [0, 0.05) is 18.2 Å². The number of nitrogen functional groups attached to an aromatic ring is 2. The molecule has 0 aromatic heterocycles. The van der Waals surface area contributed by atoms with Crippen molar-refractivity contribution in [2.75, 3.05) is 11.5 Å². The molecule has 2 rings (SSSR count). The number of carbonyl (C=O) groups is 2. The second-order valence-electron chi connectivity index (χ2n) is 9.52. The Bertz CT molecular complexity index is 770. The first-order valence-corrected chi connectivity index (χ1v) is 10.0. The summed E-state index contributed by atoms with van der Waals surface area (Å²) >= 11 is 0. The topological polar surface area (TPSA) is 138 Å². The van der Waals surface area contributed by atoms with Crippen molar-refractivity contribution in [3.05, 3.63) is 18.2 Å². The first-order valence-electron chi connectivity index (χ1n) is 10.0. The van der Waals surface area contributed by atoms with Crippen molar-refractivity contribution >= 4 is 23.6 Å². The molecule has 6 N–H and O–H groups in total. The first kappa shape index (κ1) is 23.4. The van der Waals surface area contributed by atoms with Crippen LogP contribution in [0.5, 0.6) is 5.75 Å². The van der Waals surface area contributed by atoms with Gasteiger partial charge < -0.3 is 36.3 Å². The van der Waals surface area contributed by atoms with Crippen molar-refractivity contribution in [3.8, 4) is 5.75 Å². The lowest BCUT2D eigenvalue weighted by Crippen LogP contribution is -2.45. The number of hydrogen-bond donors (Lipinski definition) is 4. The SMILES string of the molecule is CC(C)(C)OC(=O)NC1C[C@@H](NC(=O)OC(C)(C)C)C[C@@H]1Oc1ccc(N)cc1N. The van der Waals surface area contributed by atoms with Crippen LogP contribution in [-0.4, -0.2) is 41.6 Å². The van der Waals surface area contributed by atoms with E-state index in [-0.39, 0.29) is 6.04 Å². The number of nitrogens with one attached hydrogen (secondary N) is 2. The molecule has 168 valence electrons. The average Bonchev–Trinajstić information content (AvgIpc) is 2.87. The minimum atomic E-state index is -0.630. The summed E-state index contributed by atoms with van der Waals surface area (Å²) in [4.78, 5) is 24.5. The molecule has 1 fully saturated rings. The van der Waals surface area contributed by atoms with E-state index in [0.717, 1.165) is 0 Å². The van der Waals surface area contributed by atoms with Crippen LogP contribution in [0.4, 0.5) is 21.0 Å². The monoisotopic (exact) mass is 422 g/mol. The molecule has 9 nitrogen and oxygen atoms in total. The maximum absolute atomic E-state index is 12.3. The van der Waals surface area contributed by atoms with Crippen LogP contribution in [0.15, 0.2) is 18.2 Å². The molecule has 1 saturated carbocycles. The molecule has 1 aromatic carbocycles. The lowest BCUT2D eigenvalue weighted by atomic mass is 10.2. The molecule has 1 aromatic rings. The van der Waals surface area contributed by atoms with Crippen molar-refractivity contribution in [1.29, 1.82) is 0 Å². The van der Waals surface area contributed by atoms with Gasteiger partial charge in [-0.15, -0.1) is 0 Å². The second-order valence-corrected chi connectivity index (χ2v) is 9.52. The number of alkyl carbamates (subject to hydrolysis) is 2. The van der Waals surface area contributed by atoms with Gasteiger partial charge >= 0.3 is 12.2 Å². The molecule has 0 bridgehead atoms. The Morgan fingerprint density at radius 1 is 0.933 bits per heavy atom. The number of rotatable bonds is 4. The van der Waals surface area contributed by atoms with E-state index in [1.165, 1.54) is 0 Å². The van der Waals surface area contributed by atoms with Crippen LogP contribution >= 0.6 is 0 Å². The predicted octanol–water partition coefficient (Wildman–Crippen LogP) is 3.18. The predicted molar refractivity (Wildman–Crippen MR) is 115 cm³/mol. The lowest BCUT2D eigenvalue weighted by Gasteiger charge is -2.25. The molecule has 0 aliphatic heterocycles. The summed E-state index contributed by atoms with van der Waals surface area (Å²) < 4.78 is 16.8. The summed E-state index contributed by atoms with van der Waals surface area (Å²) in [5.74, 6) is 0.461. The number of amides is 2. The van der Waals surface area contributed by atoms with E-state index in [9.17, 15) is 9.59 Å². The van der Waals surface area contributed by atoms with E-state index in [4.69, 9.17) is 25.7 Å². The van der Waals surface area contributed by atoms with Crippen molar-refractivity contribution in [1.82, 2.24) is 10.6 Å². The molecule has 3 atom stereocenters. The van der Waals surface area contributed by atoms with E-state index < -0.39 is 35.5 Å². The molecule has 9 heteroatoms. The number of hydrogen-bond acceptors (Lipinski definition) is 7. The van der Waals surface area contributed by atoms with Crippen molar-refractivity contribution < 1.29 is 23.8 Å². The van der Waals surface area contributed by atoms with Gasteiger partial charge in [0.05, 0.1) is 11.7 Å². The summed E-state index contributed by atoms with van der Waals surface area (Å²) in [6, 6.07) is 4.34. The Labute approximate surface area is 177 Å². The van der Waals surface area contributed by atoms with Gasteiger partial charge in [0.15, 0.2) is 0 Å². The fraction of sp³-hybridized carbons (Fsp3) is 0.619. The summed E-state index contributed by atoms with van der Waals surface area (Å²) in [6.45, 7) is 10.8. The first-order chi connectivity index (χ1) is 13.7. The molecule has 1 aliphatic rings. The fourth-order valence-electron chi connectivity index (χ4n) is 3.17. The molecule has 30 heavy (non-hydrogen) atoms. The average molecular weight is 423 g/mol. The van der Waals surface area contributed by atoms with E-state index >= 15 is 0 Å². The summed E-state index contributed by atoms with van der Waals surface area (Å²) in [5.41, 5.74) is 11.4. The molecular formula is C21H34N4O5. The third-order valence-corrected chi connectivity index (χ3v) is 4.24. The highest BCUT2D eigenvalue weighted by molar-refractivity contribution is 5.69. The van der Waals surface area contributed by atoms with Crippen LogP contribution < -0.4 is 26.8 Å². The third-order valence-electron chi connectivity index (χ3n) is 4.24. The molecule has 0 spiro atoms. The van der Waals surface area contributed by atoms with Crippen molar-refractivity contribution in [3.63, 3.8) is 0 Å². The quantitative estimate of drug-likeness (QED) is 0.547. The normalized spacial score (nSPS) is 21.6. The van der Waals surface area contributed by atoms with E-state index in [2.05, 4.69) is 10.6 Å². The Morgan fingerprint density at radius 2 is 1.50 bits per heavy atom. The van der Waals surface area contributed by atoms with Crippen LogP contribution in [0.25, 0.3) is 0 Å². The van der Waals surface area contributed by atoms with E-state index in [0.29, 0.717) is 30.0 Å². The maximum atomic E-state index is 12.3. The Morgan fingerprint density at radius 3 is 2.03 bits per heavy atom. The highest BCUT2D eigenvalue weighted by atomic mass is 16.6. The van der Waals surface area contributed by atoms with Crippen molar-refractivity contribution in [2.24, 2.45) is 0 Å². The lowest BCUT2D eigenvalue weighted by molar-refractivity contribution is 0.0463. The zero-order valence-electron chi connectivity index (χ0n) is 18.6. The molecule has 0 radical (unpaired) electrons. The van der Waals surface area contributed by atoms with Gasteiger partial charge in [-0.1, -0.05) is 0 Å². The van der Waals surface area contributed by atoms with Gasteiger partial charge in [0.2, 0.25) is 0 Å². The summed E-state index contributed by atoms with van der Waals surface area (Å²) in [5, 5.41) is 5.69. The molecule has 1 unspecified atom stereocenters. The van der Waals surface area contributed by atoms with Crippen LogP contribution in [0.3, 0.4) is 0 Å².